The second-order valence-corrected chi connectivity index (χ2v) is 5.42. The second kappa shape index (κ2) is 4.49. The van der Waals surface area contributed by atoms with Gasteiger partial charge in [0.15, 0.2) is 5.03 Å². The minimum atomic E-state index is -4.30. The fourth-order valence-corrected chi connectivity index (χ4v) is 2.16. The number of halogens is 4. The minimum absolute atomic E-state index is 0.573. The zero-order valence-electron chi connectivity index (χ0n) is 7.29. The predicted molar refractivity (Wildman–Crippen MR) is 52.0 cm³/mol. The summed E-state index contributed by atoms with van der Waals surface area (Å²) in [6.45, 7) is 0. The average Bonchev–Trinajstić information content (AvgIpc) is 2.15. The molecule has 4 nitrogen and oxygen atoms in total. The summed E-state index contributed by atoms with van der Waals surface area (Å²) in [6.07, 6.45) is -2.39. The van der Waals surface area contributed by atoms with Crippen molar-refractivity contribution in [2.24, 2.45) is 0 Å². The summed E-state index contributed by atoms with van der Waals surface area (Å²) < 4.78 is 46.6. The lowest BCUT2D eigenvalue weighted by molar-refractivity contribution is 0.151. The predicted octanol–water partition coefficient (Wildman–Crippen LogP) is 2.47. The van der Waals surface area contributed by atoms with Crippen molar-refractivity contribution in [2.45, 2.75) is 11.5 Å². The van der Waals surface area contributed by atoms with Crippen molar-refractivity contribution in [1.29, 1.82) is 5.26 Å². The van der Waals surface area contributed by atoms with Crippen LogP contribution in [0.5, 0.6) is 0 Å². The summed E-state index contributed by atoms with van der Waals surface area (Å²) >= 11 is 5.45. The zero-order chi connectivity index (χ0) is 12.5. The maximum absolute atomic E-state index is 12.4. The average molecular weight is 287 g/mol. The third-order valence-corrected chi connectivity index (χ3v) is 3.20. The van der Waals surface area contributed by atoms with E-state index in [4.69, 9.17) is 27.5 Å². The fraction of sp³-hybridized carbons (Fsp3) is 0.143. The van der Waals surface area contributed by atoms with E-state index in [0.717, 1.165) is 0 Å². The number of hydrogen-bond donors (Lipinski definition) is 0. The molecule has 0 unspecified atom stereocenters. The molecule has 0 saturated heterocycles. The molecule has 0 atom stereocenters. The number of hydrogen-bond acceptors (Lipinski definition) is 4. The number of rotatable bonds is 2. The number of alkyl halides is 2. The zero-order valence-corrected chi connectivity index (χ0v) is 9.61. The molecule has 0 aliphatic rings. The van der Waals surface area contributed by atoms with Crippen LogP contribution in [0.25, 0.3) is 0 Å². The van der Waals surface area contributed by atoms with Crippen molar-refractivity contribution in [3.63, 3.8) is 0 Å². The Balaban J connectivity index is 3.62. The Morgan fingerprint density at radius 1 is 1.50 bits per heavy atom. The van der Waals surface area contributed by atoms with E-state index >= 15 is 0 Å². The highest BCUT2D eigenvalue weighted by atomic mass is 35.7. The number of pyridine rings is 1. The smallest absolute Gasteiger partial charge is 0.242 e. The van der Waals surface area contributed by atoms with Gasteiger partial charge >= 0.3 is 0 Å². The first kappa shape index (κ1) is 13.1. The first-order chi connectivity index (χ1) is 7.29. The SMILES string of the molecule is N#Cc1c(S(=O)(=O)Cl)ncc(C(F)F)c1Cl. The quantitative estimate of drug-likeness (QED) is 0.783. The molecular formula is C7H2Cl2F2N2O2S. The minimum Gasteiger partial charge on any atom is -0.242 e. The molecule has 0 fully saturated rings. The Morgan fingerprint density at radius 2 is 2.06 bits per heavy atom. The summed E-state index contributed by atoms with van der Waals surface area (Å²) in [5, 5.41) is 7.14. The normalized spacial score (nSPS) is 11.5. The van der Waals surface area contributed by atoms with Crippen molar-refractivity contribution in [3.05, 3.63) is 22.3 Å². The third kappa shape index (κ3) is 2.40. The lowest BCUT2D eigenvalue weighted by Crippen LogP contribution is -2.02. The van der Waals surface area contributed by atoms with Crippen molar-refractivity contribution < 1.29 is 17.2 Å². The van der Waals surface area contributed by atoms with E-state index in [1.807, 2.05) is 0 Å². The first-order valence-corrected chi connectivity index (χ1v) is 6.29. The summed E-state index contributed by atoms with van der Waals surface area (Å²) in [6, 6.07) is 1.37. The topological polar surface area (TPSA) is 70.8 Å². The molecule has 0 N–H and O–H groups in total. The molecule has 0 aromatic carbocycles. The van der Waals surface area contributed by atoms with Gasteiger partial charge in [0.25, 0.3) is 15.5 Å². The lowest BCUT2D eigenvalue weighted by atomic mass is 10.2. The molecule has 0 bridgehead atoms. The van der Waals surface area contributed by atoms with E-state index in [-0.39, 0.29) is 0 Å². The van der Waals surface area contributed by atoms with Crippen LogP contribution in [0.2, 0.25) is 5.02 Å². The summed E-state index contributed by atoms with van der Waals surface area (Å²) in [5.41, 5.74) is -1.41. The molecule has 1 heterocycles. The van der Waals surface area contributed by atoms with Gasteiger partial charge in [0.2, 0.25) is 0 Å². The van der Waals surface area contributed by atoms with Crippen molar-refractivity contribution >= 4 is 31.3 Å². The van der Waals surface area contributed by atoms with Crippen LogP contribution >= 0.6 is 22.3 Å². The summed E-state index contributed by atoms with van der Waals surface area (Å²) in [7, 11) is 0.658. The fourth-order valence-electron chi connectivity index (χ4n) is 0.922. The Morgan fingerprint density at radius 3 is 2.44 bits per heavy atom. The Hall–Kier alpha value is -0.970. The van der Waals surface area contributed by atoms with Gasteiger partial charge in [0.05, 0.1) is 10.6 Å². The van der Waals surface area contributed by atoms with Crippen LogP contribution in [0.4, 0.5) is 8.78 Å². The highest BCUT2D eigenvalue weighted by molar-refractivity contribution is 8.13. The number of nitrogens with zero attached hydrogens (tertiary/aromatic N) is 2. The monoisotopic (exact) mass is 286 g/mol. The molecule has 16 heavy (non-hydrogen) atoms. The van der Waals surface area contributed by atoms with Gasteiger partial charge in [0.1, 0.15) is 11.6 Å². The highest BCUT2D eigenvalue weighted by Crippen LogP contribution is 2.32. The molecule has 1 aromatic rings. The molecule has 1 rings (SSSR count). The van der Waals surface area contributed by atoms with E-state index in [9.17, 15) is 17.2 Å². The van der Waals surface area contributed by atoms with Crippen LogP contribution in [0.3, 0.4) is 0 Å². The number of aromatic nitrogens is 1. The van der Waals surface area contributed by atoms with Gasteiger partial charge in [-0.15, -0.1) is 0 Å². The lowest BCUT2D eigenvalue weighted by Gasteiger charge is -2.06. The molecule has 9 heteroatoms. The molecule has 0 radical (unpaired) electrons. The van der Waals surface area contributed by atoms with Gasteiger partial charge in [-0.3, -0.25) is 0 Å². The molecule has 0 aliphatic carbocycles. The third-order valence-electron chi connectivity index (χ3n) is 1.59. The molecule has 86 valence electrons. The molecule has 0 spiro atoms. The summed E-state index contributed by atoms with van der Waals surface area (Å²) in [5.74, 6) is 0. The highest BCUT2D eigenvalue weighted by Gasteiger charge is 2.25. The molecule has 0 amide bonds. The maximum atomic E-state index is 12.4. The van der Waals surface area contributed by atoms with Crippen molar-refractivity contribution in [3.8, 4) is 6.07 Å². The standard InChI is InChI=1S/C7H2Cl2F2N2O2S/c8-5-3(1-12)7(16(9,14)15)13-2-4(5)6(10)11/h2,6H. The van der Waals surface area contributed by atoms with E-state index in [2.05, 4.69) is 4.98 Å². The Labute approximate surface area is 98.8 Å². The van der Waals surface area contributed by atoms with Gasteiger partial charge < -0.3 is 0 Å². The van der Waals surface area contributed by atoms with Crippen molar-refractivity contribution in [2.75, 3.05) is 0 Å². The van der Waals surface area contributed by atoms with Gasteiger partial charge in [-0.25, -0.2) is 22.2 Å². The second-order valence-electron chi connectivity index (χ2n) is 2.56. The molecule has 1 aromatic heterocycles. The van der Waals surface area contributed by atoms with Gasteiger partial charge in [-0.05, 0) is 0 Å². The van der Waals surface area contributed by atoms with Crippen LogP contribution < -0.4 is 0 Å². The van der Waals surface area contributed by atoms with Crippen LogP contribution in [0.15, 0.2) is 11.2 Å². The van der Waals surface area contributed by atoms with Gasteiger partial charge in [-0.2, -0.15) is 5.26 Å². The van der Waals surface area contributed by atoms with Crippen LogP contribution in [0.1, 0.15) is 17.6 Å². The first-order valence-electron chi connectivity index (χ1n) is 3.60. The van der Waals surface area contributed by atoms with Crippen LogP contribution in [-0.2, 0) is 9.05 Å². The van der Waals surface area contributed by atoms with E-state index < -0.39 is 36.7 Å². The summed E-state index contributed by atoms with van der Waals surface area (Å²) in [4.78, 5) is 3.20. The molecular weight excluding hydrogens is 285 g/mol. The Bertz CT molecular complexity index is 568. The molecule has 0 aliphatic heterocycles. The molecule has 0 saturated carbocycles. The van der Waals surface area contributed by atoms with Crippen LogP contribution in [-0.4, -0.2) is 13.4 Å². The van der Waals surface area contributed by atoms with E-state index in [1.54, 1.807) is 0 Å². The van der Waals surface area contributed by atoms with E-state index in [1.165, 1.54) is 6.07 Å². The largest absolute Gasteiger partial charge is 0.280 e. The van der Waals surface area contributed by atoms with E-state index in [0.29, 0.717) is 6.20 Å². The van der Waals surface area contributed by atoms with Crippen molar-refractivity contribution in [1.82, 2.24) is 4.98 Å². The number of nitriles is 1. The van der Waals surface area contributed by atoms with Crippen LogP contribution in [0, 0.1) is 11.3 Å². The maximum Gasteiger partial charge on any atom is 0.280 e. The van der Waals surface area contributed by atoms with Gasteiger partial charge in [0, 0.05) is 16.9 Å². The Kier molecular flexibility index (Phi) is 3.68. The van der Waals surface area contributed by atoms with Gasteiger partial charge in [-0.1, -0.05) is 11.6 Å².